The Morgan fingerprint density at radius 2 is 2.19 bits per heavy atom. The molecule has 2 rings (SSSR count). The standard InChI is InChI=1S/C10H14N2O3S/c11-5-6-16(13,14)12-9-7-15-10-4-2-1-3-8(9)10/h1-4,9,12H,5-7,11H2. The molecule has 0 radical (unpaired) electrons. The third kappa shape index (κ3) is 2.34. The number of para-hydroxylation sites is 1. The van der Waals surface area contributed by atoms with Gasteiger partial charge in [0.2, 0.25) is 10.0 Å². The highest BCUT2D eigenvalue weighted by atomic mass is 32.2. The van der Waals surface area contributed by atoms with Gasteiger partial charge in [-0.25, -0.2) is 13.1 Å². The Balaban J connectivity index is 2.15. The Hall–Kier alpha value is -1.11. The highest BCUT2D eigenvalue weighted by molar-refractivity contribution is 7.89. The van der Waals surface area contributed by atoms with E-state index in [0.717, 1.165) is 11.3 Å². The lowest BCUT2D eigenvalue weighted by Crippen LogP contribution is -2.33. The Kier molecular flexibility index (Phi) is 3.13. The summed E-state index contributed by atoms with van der Waals surface area (Å²) in [6.45, 7) is 0.452. The number of sulfonamides is 1. The van der Waals surface area contributed by atoms with E-state index in [4.69, 9.17) is 10.5 Å². The summed E-state index contributed by atoms with van der Waals surface area (Å²) in [5, 5.41) is 0. The number of ether oxygens (including phenoxy) is 1. The van der Waals surface area contributed by atoms with Gasteiger partial charge in [-0.3, -0.25) is 0 Å². The van der Waals surface area contributed by atoms with Gasteiger partial charge in [-0.05, 0) is 6.07 Å². The molecule has 0 saturated heterocycles. The molecule has 1 aliphatic heterocycles. The lowest BCUT2D eigenvalue weighted by molar-refractivity contribution is 0.325. The predicted molar refractivity (Wildman–Crippen MR) is 60.7 cm³/mol. The van der Waals surface area contributed by atoms with Gasteiger partial charge in [-0.1, -0.05) is 18.2 Å². The molecule has 16 heavy (non-hydrogen) atoms. The molecule has 5 nitrogen and oxygen atoms in total. The van der Waals surface area contributed by atoms with Gasteiger partial charge >= 0.3 is 0 Å². The van der Waals surface area contributed by atoms with Gasteiger partial charge in [0.05, 0.1) is 11.8 Å². The monoisotopic (exact) mass is 242 g/mol. The van der Waals surface area contributed by atoms with Crippen molar-refractivity contribution in [3.8, 4) is 5.75 Å². The molecular weight excluding hydrogens is 228 g/mol. The summed E-state index contributed by atoms with van der Waals surface area (Å²) in [4.78, 5) is 0. The first-order valence-corrected chi connectivity index (χ1v) is 6.69. The van der Waals surface area contributed by atoms with Crippen molar-refractivity contribution in [1.29, 1.82) is 0 Å². The summed E-state index contributed by atoms with van der Waals surface area (Å²) < 4.78 is 31.1. The summed E-state index contributed by atoms with van der Waals surface area (Å²) in [6.07, 6.45) is 0. The molecule has 0 amide bonds. The first-order chi connectivity index (χ1) is 7.62. The van der Waals surface area contributed by atoms with Crippen molar-refractivity contribution < 1.29 is 13.2 Å². The van der Waals surface area contributed by atoms with Crippen LogP contribution in [0.2, 0.25) is 0 Å². The van der Waals surface area contributed by atoms with Crippen molar-refractivity contribution in [1.82, 2.24) is 4.72 Å². The van der Waals surface area contributed by atoms with E-state index in [1.807, 2.05) is 24.3 Å². The largest absolute Gasteiger partial charge is 0.491 e. The molecule has 0 aromatic heterocycles. The second-order valence-electron chi connectivity index (χ2n) is 3.63. The number of rotatable bonds is 4. The maximum absolute atomic E-state index is 11.5. The van der Waals surface area contributed by atoms with Crippen LogP contribution in [0.3, 0.4) is 0 Å². The summed E-state index contributed by atoms with van der Waals surface area (Å²) in [5.74, 6) is 0.675. The number of nitrogens with two attached hydrogens (primary N) is 1. The van der Waals surface area contributed by atoms with E-state index >= 15 is 0 Å². The Morgan fingerprint density at radius 1 is 1.44 bits per heavy atom. The average Bonchev–Trinajstić information content (AvgIpc) is 2.61. The summed E-state index contributed by atoms with van der Waals surface area (Å²) in [6, 6.07) is 7.10. The molecular formula is C10H14N2O3S. The van der Waals surface area contributed by atoms with Crippen molar-refractivity contribution in [2.45, 2.75) is 6.04 Å². The highest BCUT2D eigenvalue weighted by Gasteiger charge is 2.27. The van der Waals surface area contributed by atoms with E-state index in [-0.39, 0.29) is 18.3 Å². The van der Waals surface area contributed by atoms with Crippen LogP contribution < -0.4 is 15.2 Å². The van der Waals surface area contributed by atoms with Crippen molar-refractivity contribution in [2.75, 3.05) is 18.9 Å². The molecule has 0 fully saturated rings. The number of hydrogen-bond acceptors (Lipinski definition) is 4. The topological polar surface area (TPSA) is 81.4 Å². The van der Waals surface area contributed by atoms with Gasteiger partial charge in [0, 0.05) is 12.1 Å². The smallest absolute Gasteiger partial charge is 0.213 e. The van der Waals surface area contributed by atoms with Crippen LogP contribution in [0.1, 0.15) is 11.6 Å². The van der Waals surface area contributed by atoms with Crippen molar-refractivity contribution in [3.63, 3.8) is 0 Å². The van der Waals surface area contributed by atoms with Gasteiger partial charge in [-0.2, -0.15) is 0 Å². The number of fused-ring (bicyclic) bond motifs is 1. The van der Waals surface area contributed by atoms with Crippen LogP contribution in [0.25, 0.3) is 0 Å². The molecule has 1 heterocycles. The first-order valence-electron chi connectivity index (χ1n) is 5.04. The minimum atomic E-state index is -3.31. The molecule has 0 aliphatic carbocycles. The minimum absolute atomic E-state index is 0.0638. The van der Waals surface area contributed by atoms with E-state index in [9.17, 15) is 8.42 Å². The molecule has 1 aromatic carbocycles. The van der Waals surface area contributed by atoms with E-state index < -0.39 is 10.0 Å². The molecule has 1 aromatic rings. The van der Waals surface area contributed by atoms with E-state index in [0.29, 0.717) is 6.61 Å². The summed E-state index contributed by atoms with van der Waals surface area (Å²) in [5.41, 5.74) is 6.11. The third-order valence-electron chi connectivity index (χ3n) is 2.41. The molecule has 1 unspecified atom stereocenters. The molecule has 88 valence electrons. The fraction of sp³-hybridized carbons (Fsp3) is 0.400. The lowest BCUT2D eigenvalue weighted by atomic mass is 10.1. The van der Waals surface area contributed by atoms with Crippen LogP contribution in [-0.2, 0) is 10.0 Å². The molecule has 6 heteroatoms. The second-order valence-corrected chi connectivity index (χ2v) is 5.50. The van der Waals surface area contributed by atoms with Crippen LogP contribution in [-0.4, -0.2) is 27.3 Å². The second kappa shape index (κ2) is 4.40. The number of nitrogens with one attached hydrogen (secondary N) is 1. The zero-order valence-electron chi connectivity index (χ0n) is 8.72. The maximum atomic E-state index is 11.5. The maximum Gasteiger partial charge on any atom is 0.213 e. The van der Waals surface area contributed by atoms with Gasteiger partial charge < -0.3 is 10.5 Å². The lowest BCUT2D eigenvalue weighted by Gasteiger charge is -2.11. The summed E-state index contributed by atoms with van der Waals surface area (Å²) in [7, 11) is -3.31. The predicted octanol–water partition coefficient (Wildman–Crippen LogP) is -0.00180. The third-order valence-corrected chi connectivity index (χ3v) is 3.83. The van der Waals surface area contributed by atoms with Crippen molar-refractivity contribution >= 4 is 10.0 Å². The normalized spacial score (nSPS) is 19.2. The van der Waals surface area contributed by atoms with Gasteiger partial charge in [0.1, 0.15) is 12.4 Å². The van der Waals surface area contributed by atoms with Crippen LogP contribution in [0.4, 0.5) is 0 Å². The van der Waals surface area contributed by atoms with Crippen molar-refractivity contribution in [3.05, 3.63) is 29.8 Å². The van der Waals surface area contributed by atoms with Crippen LogP contribution in [0.5, 0.6) is 5.75 Å². The quantitative estimate of drug-likeness (QED) is 0.778. The molecule has 0 spiro atoms. The Morgan fingerprint density at radius 3 is 2.94 bits per heavy atom. The minimum Gasteiger partial charge on any atom is -0.491 e. The van der Waals surface area contributed by atoms with Crippen LogP contribution in [0.15, 0.2) is 24.3 Å². The molecule has 0 saturated carbocycles. The van der Waals surface area contributed by atoms with E-state index in [1.54, 1.807) is 0 Å². The van der Waals surface area contributed by atoms with E-state index in [1.165, 1.54) is 0 Å². The first kappa shape index (κ1) is 11.4. The Labute approximate surface area is 94.6 Å². The van der Waals surface area contributed by atoms with Gasteiger partial charge in [0.15, 0.2) is 0 Å². The van der Waals surface area contributed by atoms with Crippen molar-refractivity contribution in [2.24, 2.45) is 5.73 Å². The number of benzene rings is 1. The zero-order chi connectivity index (χ0) is 11.6. The molecule has 1 atom stereocenters. The highest BCUT2D eigenvalue weighted by Crippen LogP contribution is 2.31. The number of hydrogen-bond donors (Lipinski definition) is 2. The summed E-state index contributed by atoms with van der Waals surface area (Å²) >= 11 is 0. The van der Waals surface area contributed by atoms with Crippen LogP contribution in [0, 0.1) is 0 Å². The Bertz CT molecular complexity index is 473. The molecule has 1 aliphatic rings. The van der Waals surface area contributed by atoms with Crippen LogP contribution >= 0.6 is 0 Å². The molecule has 3 N–H and O–H groups in total. The van der Waals surface area contributed by atoms with E-state index in [2.05, 4.69) is 4.72 Å². The fourth-order valence-corrected chi connectivity index (χ4v) is 2.75. The van der Waals surface area contributed by atoms with Gasteiger partial charge in [-0.15, -0.1) is 0 Å². The SMILES string of the molecule is NCCS(=O)(=O)NC1COc2ccccc21. The average molecular weight is 242 g/mol. The molecule has 0 bridgehead atoms. The van der Waals surface area contributed by atoms with Gasteiger partial charge in [0.25, 0.3) is 0 Å². The zero-order valence-corrected chi connectivity index (χ0v) is 9.53. The fourth-order valence-electron chi connectivity index (χ4n) is 1.69.